The SMILES string of the molecule is CCC(NS(=O)(=O)c1cn[nH]c1)C1CCCCC1. The summed E-state index contributed by atoms with van der Waals surface area (Å²) in [5.41, 5.74) is 0. The van der Waals surface area contributed by atoms with E-state index >= 15 is 0 Å². The Morgan fingerprint density at radius 2 is 2.17 bits per heavy atom. The van der Waals surface area contributed by atoms with E-state index in [2.05, 4.69) is 14.9 Å². The van der Waals surface area contributed by atoms with Gasteiger partial charge in [0, 0.05) is 12.2 Å². The Hall–Kier alpha value is -0.880. The van der Waals surface area contributed by atoms with Gasteiger partial charge in [-0.3, -0.25) is 5.10 Å². The number of H-pyrrole nitrogens is 1. The van der Waals surface area contributed by atoms with Crippen LogP contribution < -0.4 is 4.72 Å². The summed E-state index contributed by atoms with van der Waals surface area (Å²) in [5, 5.41) is 6.23. The van der Waals surface area contributed by atoms with Gasteiger partial charge in [0.1, 0.15) is 4.90 Å². The van der Waals surface area contributed by atoms with E-state index in [9.17, 15) is 8.42 Å². The van der Waals surface area contributed by atoms with Crippen LogP contribution in [0.2, 0.25) is 0 Å². The molecule has 1 heterocycles. The first kappa shape index (κ1) is 13.5. The predicted octanol–water partition coefficient (Wildman–Crippen LogP) is 2.05. The van der Waals surface area contributed by atoms with Crippen molar-refractivity contribution < 1.29 is 8.42 Å². The molecule has 1 saturated carbocycles. The molecule has 2 N–H and O–H groups in total. The quantitative estimate of drug-likeness (QED) is 0.860. The van der Waals surface area contributed by atoms with E-state index in [0.717, 1.165) is 19.3 Å². The summed E-state index contributed by atoms with van der Waals surface area (Å²) in [6.45, 7) is 2.04. The highest BCUT2D eigenvalue weighted by Gasteiger charge is 2.27. The zero-order valence-corrected chi connectivity index (χ0v) is 11.5. The molecule has 1 atom stereocenters. The third kappa shape index (κ3) is 3.11. The maximum absolute atomic E-state index is 12.1. The van der Waals surface area contributed by atoms with Crippen molar-refractivity contribution in [2.24, 2.45) is 5.92 Å². The lowest BCUT2D eigenvalue weighted by atomic mass is 9.83. The molecule has 1 unspecified atom stereocenters. The van der Waals surface area contributed by atoms with E-state index < -0.39 is 10.0 Å². The van der Waals surface area contributed by atoms with Crippen molar-refractivity contribution in [3.8, 4) is 0 Å². The molecule has 1 fully saturated rings. The minimum Gasteiger partial charge on any atom is -0.284 e. The zero-order chi connectivity index (χ0) is 13.0. The molecule has 1 aliphatic rings. The smallest absolute Gasteiger partial charge is 0.243 e. The molecule has 0 radical (unpaired) electrons. The number of aromatic amines is 1. The fourth-order valence-corrected chi connectivity index (χ4v) is 4.00. The maximum atomic E-state index is 12.1. The van der Waals surface area contributed by atoms with Gasteiger partial charge in [0.05, 0.1) is 6.20 Å². The molecule has 0 aromatic carbocycles. The van der Waals surface area contributed by atoms with E-state index in [0.29, 0.717) is 5.92 Å². The third-order valence-corrected chi connectivity index (χ3v) is 5.21. The van der Waals surface area contributed by atoms with Crippen molar-refractivity contribution in [3.05, 3.63) is 12.4 Å². The first-order chi connectivity index (χ1) is 8.63. The van der Waals surface area contributed by atoms with Crippen LogP contribution in [0, 0.1) is 5.92 Å². The summed E-state index contributed by atoms with van der Waals surface area (Å²) in [6.07, 6.45) is 9.57. The van der Waals surface area contributed by atoms with Crippen LogP contribution >= 0.6 is 0 Å². The number of nitrogens with one attached hydrogen (secondary N) is 2. The summed E-state index contributed by atoms with van der Waals surface area (Å²) >= 11 is 0. The Balaban J connectivity index is 2.06. The number of sulfonamides is 1. The van der Waals surface area contributed by atoms with E-state index in [1.54, 1.807) is 0 Å². The summed E-state index contributed by atoms with van der Waals surface area (Å²) in [6, 6.07) is 0.0465. The molecule has 5 nitrogen and oxygen atoms in total. The van der Waals surface area contributed by atoms with Crippen LogP contribution in [0.3, 0.4) is 0 Å². The van der Waals surface area contributed by atoms with Crippen molar-refractivity contribution in [2.45, 2.75) is 56.4 Å². The molecule has 1 aromatic heterocycles. The lowest BCUT2D eigenvalue weighted by Gasteiger charge is -2.29. The van der Waals surface area contributed by atoms with E-state index in [1.165, 1.54) is 31.7 Å². The second-order valence-electron chi connectivity index (χ2n) is 4.97. The van der Waals surface area contributed by atoms with Crippen LogP contribution in [-0.4, -0.2) is 24.7 Å². The van der Waals surface area contributed by atoms with Crippen molar-refractivity contribution in [1.82, 2.24) is 14.9 Å². The highest BCUT2D eigenvalue weighted by molar-refractivity contribution is 7.89. The number of aromatic nitrogens is 2. The van der Waals surface area contributed by atoms with Gasteiger partial charge in [-0.2, -0.15) is 5.10 Å². The van der Waals surface area contributed by atoms with Gasteiger partial charge in [0.25, 0.3) is 0 Å². The van der Waals surface area contributed by atoms with Crippen LogP contribution in [0.5, 0.6) is 0 Å². The molecule has 102 valence electrons. The fourth-order valence-electron chi connectivity index (χ4n) is 2.70. The van der Waals surface area contributed by atoms with Crippen LogP contribution in [0.4, 0.5) is 0 Å². The highest BCUT2D eigenvalue weighted by atomic mass is 32.2. The van der Waals surface area contributed by atoms with E-state index in [-0.39, 0.29) is 10.9 Å². The molecule has 0 amide bonds. The lowest BCUT2D eigenvalue weighted by molar-refractivity contribution is 0.285. The molecule has 0 spiro atoms. The Morgan fingerprint density at radius 1 is 1.44 bits per heavy atom. The predicted molar refractivity (Wildman–Crippen MR) is 69.6 cm³/mol. The molecule has 0 saturated heterocycles. The topological polar surface area (TPSA) is 74.8 Å². The van der Waals surface area contributed by atoms with Gasteiger partial charge >= 0.3 is 0 Å². The summed E-state index contributed by atoms with van der Waals surface area (Å²) in [4.78, 5) is 0.219. The van der Waals surface area contributed by atoms with Gasteiger partial charge in [0.15, 0.2) is 0 Å². The van der Waals surface area contributed by atoms with Crippen LogP contribution in [0.1, 0.15) is 45.4 Å². The Kier molecular flexibility index (Phi) is 4.40. The normalized spacial score (nSPS) is 19.8. The van der Waals surface area contributed by atoms with E-state index in [4.69, 9.17) is 0 Å². The van der Waals surface area contributed by atoms with Crippen molar-refractivity contribution in [3.63, 3.8) is 0 Å². The second-order valence-corrected chi connectivity index (χ2v) is 6.68. The molecule has 18 heavy (non-hydrogen) atoms. The first-order valence-electron chi connectivity index (χ1n) is 6.64. The number of nitrogens with zero attached hydrogens (tertiary/aromatic N) is 1. The van der Waals surface area contributed by atoms with Crippen LogP contribution in [0.15, 0.2) is 17.3 Å². The summed E-state index contributed by atoms with van der Waals surface area (Å²) < 4.78 is 27.1. The Morgan fingerprint density at radius 3 is 2.72 bits per heavy atom. The number of hydrogen-bond donors (Lipinski definition) is 2. The van der Waals surface area contributed by atoms with Crippen molar-refractivity contribution in [2.75, 3.05) is 0 Å². The molecule has 0 aliphatic heterocycles. The minimum absolute atomic E-state index is 0.0465. The van der Waals surface area contributed by atoms with Gasteiger partial charge in [-0.25, -0.2) is 13.1 Å². The standard InChI is InChI=1S/C12H21N3O2S/c1-2-12(10-6-4-3-5-7-10)15-18(16,17)11-8-13-14-9-11/h8-10,12,15H,2-7H2,1H3,(H,13,14). The Labute approximate surface area is 108 Å². The maximum Gasteiger partial charge on any atom is 0.243 e. The van der Waals surface area contributed by atoms with Crippen molar-refractivity contribution in [1.29, 1.82) is 0 Å². The molecule has 2 rings (SSSR count). The van der Waals surface area contributed by atoms with Gasteiger partial charge in [-0.15, -0.1) is 0 Å². The minimum atomic E-state index is -3.42. The second kappa shape index (κ2) is 5.84. The summed E-state index contributed by atoms with van der Waals surface area (Å²) in [5.74, 6) is 0.477. The van der Waals surface area contributed by atoms with Crippen LogP contribution in [0.25, 0.3) is 0 Å². The average Bonchev–Trinajstić information content (AvgIpc) is 2.92. The lowest BCUT2D eigenvalue weighted by Crippen LogP contribution is -2.40. The molecule has 0 bridgehead atoms. The average molecular weight is 271 g/mol. The van der Waals surface area contributed by atoms with Gasteiger partial charge in [0.2, 0.25) is 10.0 Å². The molecule has 1 aliphatic carbocycles. The highest BCUT2D eigenvalue weighted by Crippen LogP contribution is 2.28. The number of rotatable bonds is 5. The van der Waals surface area contributed by atoms with Gasteiger partial charge in [-0.05, 0) is 25.2 Å². The Bertz CT molecular complexity index is 450. The summed E-state index contributed by atoms with van der Waals surface area (Å²) in [7, 11) is -3.42. The number of hydrogen-bond acceptors (Lipinski definition) is 3. The van der Waals surface area contributed by atoms with E-state index in [1.807, 2.05) is 6.92 Å². The molecule has 1 aromatic rings. The molecule has 6 heteroatoms. The largest absolute Gasteiger partial charge is 0.284 e. The molecular weight excluding hydrogens is 250 g/mol. The molecular formula is C12H21N3O2S. The first-order valence-corrected chi connectivity index (χ1v) is 8.13. The van der Waals surface area contributed by atoms with Gasteiger partial charge < -0.3 is 0 Å². The third-order valence-electron chi connectivity index (χ3n) is 3.75. The van der Waals surface area contributed by atoms with Crippen molar-refractivity contribution >= 4 is 10.0 Å². The van der Waals surface area contributed by atoms with Crippen LogP contribution in [-0.2, 0) is 10.0 Å². The monoisotopic (exact) mass is 271 g/mol. The zero-order valence-electron chi connectivity index (χ0n) is 10.7. The fraction of sp³-hybridized carbons (Fsp3) is 0.750. The van der Waals surface area contributed by atoms with Gasteiger partial charge in [-0.1, -0.05) is 26.2 Å².